The van der Waals surface area contributed by atoms with E-state index in [1.54, 1.807) is 6.92 Å². The first-order valence-electron chi connectivity index (χ1n) is 3.13. The standard InChI is InChI=1S/C8H10O3/c1-6(7(2)9)4-3-5-8(10)11/h3-5H,1-2H3,(H,10,11)/b5-3+,6-4+. The third kappa shape index (κ3) is 5.08. The Bertz CT molecular complexity index is 223. The Labute approximate surface area is 65.0 Å². The van der Waals surface area contributed by atoms with Gasteiger partial charge in [-0.2, -0.15) is 0 Å². The quantitative estimate of drug-likeness (QED) is 0.490. The van der Waals surface area contributed by atoms with Crippen LogP contribution in [0.3, 0.4) is 0 Å². The van der Waals surface area contributed by atoms with E-state index >= 15 is 0 Å². The van der Waals surface area contributed by atoms with Crippen molar-refractivity contribution in [2.24, 2.45) is 0 Å². The molecule has 0 rings (SSSR count). The van der Waals surface area contributed by atoms with Gasteiger partial charge in [-0.25, -0.2) is 4.79 Å². The van der Waals surface area contributed by atoms with E-state index in [0.29, 0.717) is 5.57 Å². The molecule has 0 atom stereocenters. The average Bonchev–Trinajstić information content (AvgIpc) is 1.86. The minimum Gasteiger partial charge on any atom is -0.478 e. The van der Waals surface area contributed by atoms with Gasteiger partial charge in [0.15, 0.2) is 5.78 Å². The molecule has 0 spiro atoms. The Morgan fingerprint density at radius 3 is 2.18 bits per heavy atom. The van der Waals surface area contributed by atoms with E-state index in [1.807, 2.05) is 0 Å². The summed E-state index contributed by atoms with van der Waals surface area (Å²) in [5.74, 6) is -1.07. The smallest absolute Gasteiger partial charge is 0.328 e. The van der Waals surface area contributed by atoms with Crippen molar-refractivity contribution in [3.8, 4) is 0 Å². The molecule has 0 unspecified atom stereocenters. The zero-order chi connectivity index (χ0) is 8.85. The second-order valence-electron chi connectivity index (χ2n) is 2.10. The largest absolute Gasteiger partial charge is 0.478 e. The van der Waals surface area contributed by atoms with Gasteiger partial charge in [0.25, 0.3) is 0 Å². The molecule has 0 aromatic heterocycles. The summed E-state index contributed by atoms with van der Waals surface area (Å²) < 4.78 is 0. The van der Waals surface area contributed by atoms with Gasteiger partial charge >= 0.3 is 5.97 Å². The minimum atomic E-state index is -1.02. The van der Waals surface area contributed by atoms with E-state index in [-0.39, 0.29) is 5.78 Å². The summed E-state index contributed by atoms with van der Waals surface area (Å²) in [4.78, 5) is 20.5. The van der Waals surface area contributed by atoms with Crippen molar-refractivity contribution in [1.82, 2.24) is 0 Å². The molecular weight excluding hydrogens is 144 g/mol. The molecule has 60 valence electrons. The highest BCUT2D eigenvalue weighted by Crippen LogP contribution is 1.93. The number of carbonyl (C=O) groups is 2. The van der Waals surface area contributed by atoms with Gasteiger partial charge in [-0.3, -0.25) is 4.79 Å². The number of hydrogen-bond donors (Lipinski definition) is 1. The number of hydrogen-bond acceptors (Lipinski definition) is 2. The van der Waals surface area contributed by atoms with Crippen molar-refractivity contribution in [2.45, 2.75) is 13.8 Å². The molecule has 0 aromatic carbocycles. The number of carboxylic acids is 1. The van der Waals surface area contributed by atoms with E-state index in [1.165, 1.54) is 19.1 Å². The van der Waals surface area contributed by atoms with Crippen molar-refractivity contribution in [2.75, 3.05) is 0 Å². The van der Waals surface area contributed by atoms with Crippen LogP contribution in [0.25, 0.3) is 0 Å². The Balaban J connectivity index is 4.13. The Morgan fingerprint density at radius 2 is 1.82 bits per heavy atom. The second-order valence-corrected chi connectivity index (χ2v) is 2.10. The van der Waals surface area contributed by atoms with E-state index in [9.17, 15) is 9.59 Å². The van der Waals surface area contributed by atoms with Crippen LogP contribution in [0.15, 0.2) is 23.8 Å². The number of ketones is 1. The van der Waals surface area contributed by atoms with Crippen LogP contribution in [0.2, 0.25) is 0 Å². The Kier molecular flexibility index (Phi) is 3.88. The zero-order valence-electron chi connectivity index (χ0n) is 6.50. The molecule has 0 radical (unpaired) electrons. The van der Waals surface area contributed by atoms with Crippen molar-refractivity contribution in [1.29, 1.82) is 0 Å². The van der Waals surface area contributed by atoms with E-state index in [0.717, 1.165) is 6.08 Å². The lowest BCUT2D eigenvalue weighted by Gasteiger charge is -1.87. The van der Waals surface area contributed by atoms with E-state index < -0.39 is 5.97 Å². The lowest BCUT2D eigenvalue weighted by Crippen LogP contribution is -1.90. The summed E-state index contributed by atoms with van der Waals surface area (Å²) in [5, 5.41) is 8.16. The molecule has 0 bridgehead atoms. The first kappa shape index (κ1) is 9.62. The summed E-state index contributed by atoms with van der Waals surface area (Å²) in [7, 11) is 0. The van der Waals surface area contributed by atoms with Gasteiger partial charge in [-0.1, -0.05) is 12.2 Å². The fourth-order valence-corrected chi connectivity index (χ4v) is 0.392. The van der Waals surface area contributed by atoms with Crippen LogP contribution < -0.4 is 0 Å². The van der Waals surface area contributed by atoms with Crippen molar-refractivity contribution >= 4 is 11.8 Å². The Morgan fingerprint density at radius 1 is 1.27 bits per heavy atom. The molecule has 0 aromatic rings. The summed E-state index contributed by atoms with van der Waals surface area (Å²) >= 11 is 0. The lowest BCUT2D eigenvalue weighted by atomic mass is 10.2. The predicted molar refractivity (Wildman–Crippen MR) is 41.2 cm³/mol. The maximum absolute atomic E-state index is 10.6. The molecule has 0 saturated carbocycles. The third-order valence-electron chi connectivity index (χ3n) is 1.14. The fraction of sp³-hybridized carbons (Fsp3) is 0.250. The molecule has 3 nitrogen and oxygen atoms in total. The third-order valence-corrected chi connectivity index (χ3v) is 1.14. The minimum absolute atomic E-state index is 0.0555. The molecule has 3 heteroatoms. The first-order valence-corrected chi connectivity index (χ1v) is 3.13. The number of carboxylic acid groups (broad SMARTS) is 1. The molecule has 0 saturated heterocycles. The molecule has 0 aliphatic rings. The number of rotatable bonds is 3. The molecule has 0 aliphatic heterocycles. The SMILES string of the molecule is CC(=O)/C(C)=C/C=C/C(=O)O. The van der Waals surface area contributed by atoms with Crippen LogP contribution in [-0.4, -0.2) is 16.9 Å². The maximum atomic E-state index is 10.6. The summed E-state index contributed by atoms with van der Waals surface area (Å²) in [6.07, 6.45) is 3.78. The summed E-state index contributed by atoms with van der Waals surface area (Å²) in [6.45, 7) is 3.06. The molecule has 0 heterocycles. The average molecular weight is 154 g/mol. The molecular formula is C8H10O3. The van der Waals surface area contributed by atoms with Crippen molar-refractivity contribution < 1.29 is 14.7 Å². The number of allylic oxidation sites excluding steroid dienone is 3. The maximum Gasteiger partial charge on any atom is 0.328 e. The van der Waals surface area contributed by atoms with Crippen LogP contribution in [0.1, 0.15) is 13.8 Å². The molecule has 1 N–H and O–H groups in total. The highest BCUT2D eigenvalue weighted by Gasteiger charge is 1.92. The number of aliphatic carboxylic acids is 1. The van der Waals surface area contributed by atoms with Crippen LogP contribution in [0, 0.1) is 0 Å². The second kappa shape index (κ2) is 4.44. The summed E-state index contributed by atoms with van der Waals surface area (Å²) in [5.41, 5.74) is 0.544. The van der Waals surface area contributed by atoms with Gasteiger partial charge in [-0.15, -0.1) is 0 Å². The zero-order valence-corrected chi connectivity index (χ0v) is 6.50. The first-order chi connectivity index (χ1) is 5.04. The highest BCUT2D eigenvalue weighted by atomic mass is 16.4. The molecule has 0 amide bonds. The fourth-order valence-electron chi connectivity index (χ4n) is 0.392. The normalized spacial score (nSPS) is 12.0. The highest BCUT2D eigenvalue weighted by molar-refractivity contribution is 5.93. The van der Waals surface area contributed by atoms with Crippen molar-refractivity contribution in [3.05, 3.63) is 23.8 Å². The van der Waals surface area contributed by atoms with Gasteiger partial charge in [0, 0.05) is 6.08 Å². The van der Waals surface area contributed by atoms with Gasteiger partial charge in [0.2, 0.25) is 0 Å². The van der Waals surface area contributed by atoms with Gasteiger partial charge in [0.1, 0.15) is 0 Å². The number of Topliss-reactive ketones (excluding diaryl/α,β-unsaturated/α-hetero) is 1. The van der Waals surface area contributed by atoms with E-state index in [4.69, 9.17) is 5.11 Å². The lowest BCUT2D eigenvalue weighted by molar-refractivity contribution is -0.131. The topological polar surface area (TPSA) is 54.4 Å². The van der Waals surface area contributed by atoms with E-state index in [2.05, 4.69) is 0 Å². The van der Waals surface area contributed by atoms with Crippen LogP contribution in [0.5, 0.6) is 0 Å². The van der Waals surface area contributed by atoms with Crippen LogP contribution in [-0.2, 0) is 9.59 Å². The molecule has 0 fully saturated rings. The van der Waals surface area contributed by atoms with Crippen LogP contribution in [0.4, 0.5) is 0 Å². The van der Waals surface area contributed by atoms with Gasteiger partial charge in [0.05, 0.1) is 0 Å². The Hall–Kier alpha value is -1.38. The number of carbonyl (C=O) groups excluding carboxylic acids is 1. The molecule has 11 heavy (non-hydrogen) atoms. The molecule has 0 aliphatic carbocycles. The predicted octanol–water partition coefficient (Wildman–Crippen LogP) is 1.16. The van der Waals surface area contributed by atoms with Gasteiger partial charge < -0.3 is 5.11 Å². The van der Waals surface area contributed by atoms with Crippen molar-refractivity contribution in [3.63, 3.8) is 0 Å². The van der Waals surface area contributed by atoms with Crippen LogP contribution >= 0.6 is 0 Å². The van der Waals surface area contributed by atoms with Gasteiger partial charge in [-0.05, 0) is 19.4 Å². The monoisotopic (exact) mass is 154 g/mol. The summed E-state index contributed by atoms with van der Waals surface area (Å²) in [6, 6.07) is 0.